The van der Waals surface area contributed by atoms with Crippen LogP contribution in [0.2, 0.25) is 0 Å². The lowest BCUT2D eigenvalue weighted by atomic mass is 9.87. The summed E-state index contributed by atoms with van der Waals surface area (Å²) >= 11 is 0.980. The Morgan fingerprint density at radius 3 is 2.40 bits per heavy atom. The Morgan fingerprint density at radius 1 is 1.05 bits per heavy atom. The van der Waals surface area contributed by atoms with Crippen molar-refractivity contribution in [3.63, 3.8) is 0 Å². The molecule has 324 valence electrons. The third-order valence-electron chi connectivity index (χ3n) is 8.02. The summed E-state index contributed by atoms with van der Waals surface area (Å²) < 4.78 is 62.1. The molecule has 8 atom stereocenters. The molecule has 0 saturated carbocycles. The van der Waals surface area contributed by atoms with E-state index in [1.165, 1.54) is 13.8 Å². The van der Waals surface area contributed by atoms with Gasteiger partial charge in [-0.3, -0.25) is 32.5 Å². The van der Waals surface area contributed by atoms with Crippen LogP contribution in [-0.4, -0.2) is 135 Å². The number of fused-ring (bicyclic) bond motifs is 1. The number of imidazole rings is 1. The highest BCUT2D eigenvalue weighted by Crippen LogP contribution is 2.61. The minimum atomic E-state index is -5.58. The summed E-state index contributed by atoms with van der Waals surface area (Å²) in [6, 6.07) is -0.630. The van der Waals surface area contributed by atoms with Crippen molar-refractivity contribution >= 4 is 69.1 Å². The zero-order valence-electron chi connectivity index (χ0n) is 30.6. The summed E-state index contributed by atoms with van der Waals surface area (Å²) in [5.41, 5.74) is 15.5. The van der Waals surface area contributed by atoms with Crippen LogP contribution in [0.3, 0.4) is 0 Å². The van der Waals surface area contributed by atoms with Crippen molar-refractivity contribution in [3.05, 3.63) is 12.7 Å². The summed E-state index contributed by atoms with van der Waals surface area (Å²) in [7, 11) is -16.4. The number of phosphoric ester groups is 3. The first-order valence-corrected chi connectivity index (χ1v) is 22.5. The molecule has 57 heavy (non-hydrogen) atoms. The van der Waals surface area contributed by atoms with Crippen molar-refractivity contribution in [2.45, 2.75) is 76.2 Å². The Morgan fingerprint density at radius 2 is 1.74 bits per heavy atom. The van der Waals surface area contributed by atoms with Crippen LogP contribution in [0.15, 0.2) is 12.7 Å². The molecule has 0 spiro atoms. The fourth-order valence-electron chi connectivity index (χ4n) is 5.02. The highest BCUT2D eigenvalue weighted by molar-refractivity contribution is 8.13. The van der Waals surface area contributed by atoms with Crippen LogP contribution in [0.25, 0.3) is 11.2 Å². The van der Waals surface area contributed by atoms with Gasteiger partial charge in [0.05, 0.1) is 25.6 Å². The van der Waals surface area contributed by atoms with E-state index in [9.17, 15) is 57.9 Å². The fourth-order valence-corrected chi connectivity index (χ4v) is 8.58. The van der Waals surface area contributed by atoms with Crippen molar-refractivity contribution in [2.75, 3.05) is 44.3 Å². The van der Waals surface area contributed by atoms with Crippen molar-refractivity contribution in [2.24, 2.45) is 16.9 Å². The van der Waals surface area contributed by atoms with Gasteiger partial charge >= 0.3 is 23.5 Å². The van der Waals surface area contributed by atoms with Crippen LogP contribution in [0, 0.1) is 5.41 Å². The first kappa shape index (κ1) is 48.8. The minimum Gasteiger partial charge on any atom is -0.386 e. The highest BCUT2D eigenvalue weighted by atomic mass is 32.2. The molecule has 3 heterocycles. The molecule has 1 fully saturated rings. The number of nitrogen functional groups attached to an aromatic ring is 1. The molecule has 0 aromatic carbocycles. The minimum absolute atomic E-state index is 0.0269. The smallest absolute Gasteiger partial charge is 0.386 e. The average Bonchev–Trinajstić information content (AvgIpc) is 3.68. The van der Waals surface area contributed by atoms with Crippen LogP contribution in [0.1, 0.15) is 45.8 Å². The van der Waals surface area contributed by atoms with Gasteiger partial charge in [0, 0.05) is 30.7 Å². The molecular weight excluding hydrogens is 847 g/mol. The number of nitrogens with zero attached hydrogens (tertiary/aromatic N) is 4. The quantitative estimate of drug-likeness (QED) is 0.0406. The fraction of sp³-hybridized carbons (Fsp3) is 0.704. The zero-order valence-corrected chi connectivity index (χ0v) is 34.1. The van der Waals surface area contributed by atoms with Gasteiger partial charge in [-0.05, 0) is 19.4 Å². The van der Waals surface area contributed by atoms with Crippen molar-refractivity contribution < 1.29 is 80.5 Å². The molecule has 2 amide bonds. The van der Waals surface area contributed by atoms with E-state index >= 15 is 0 Å². The van der Waals surface area contributed by atoms with Gasteiger partial charge in [-0.15, -0.1) is 0 Å². The number of ether oxygens (including phenoxy) is 1. The van der Waals surface area contributed by atoms with Crippen molar-refractivity contribution in [3.8, 4) is 0 Å². The molecule has 2 aromatic heterocycles. The van der Waals surface area contributed by atoms with E-state index in [1.54, 1.807) is 0 Å². The molecule has 1 aliphatic rings. The first-order valence-electron chi connectivity index (χ1n) is 17.0. The average molecular weight is 896 g/mol. The predicted octanol–water partition coefficient (Wildman–Crippen LogP) is -1.88. The number of aliphatic hydroxyl groups is 2. The second-order valence-corrected chi connectivity index (χ2v) is 18.5. The van der Waals surface area contributed by atoms with Gasteiger partial charge in [0.1, 0.15) is 36.3 Å². The van der Waals surface area contributed by atoms with Crippen LogP contribution < -0.4 is 27.8 Å². The normalized spacial score (nSPS) is 22.1. The van der Waals surface area contributed by atoms with Crippen LogP contribution in [-0.2, 0) is 50.7 Å². The van der Waals surface area contributed by atoms with E-state index in [4.69, 9.17) is 31.0 Å². The lowest BCUT2D eigenvalue weighted by Crippen LogP contribution is -2.46. The first-order chi connectivity index (χ1) is 26.5. The number of anilines is 1. The monoisotopic (exact) mass is 895 g/mol. The number of amides is 2. The molecule has 0 bridgehead atoms. The number of nitrogens with one attached hydrogen (secondary N) is 2. The SMILES string of the molecule is CC(C)(COP(=O)(O)OP(=O)(O)OCC1OC(n2cnc3c(N)ncnc32)C(O)C1OP(=O)(O)O)C(O)C(=O)NCCC(=O)NCCSC(=O)C(N)CCCCN. The molecular formula is C27H48N9O17P3S. The lowest BCUT2D eigenvalue weighted by Gasteiger charge is -2.30. The van der Waals surface area contributed by atoms with Gasteiger partial charge in [-0.25, -0.2) is 28.6 Å². The number of phosphoric acid groups is 3. The van der Waals surface area contributed by atoms with Crippen LogP contribution in [0.4, 0.5) is 5.82 Å². The number of unbranched alkanes of at least 4 members (excludes halogenated alkanes) is 1. The van der Waals surface area contributed by atoms with Gasteiger partial charge in [-0.2, -0.15) is 4.31 Å². The molecule has 2 aromatic rings. The molecule has 1 saturated heterocycles. The number of rotatable bonds is 24. The Kier molecular flexibility index (Phi) is 18.1. The zero-order chi connectivity index (χ0) is 42.8. The Hall–Kier alpha value is -2.52. The largest absolute Gasteiger partial charge is 0.481 e. The summed E-state index contributed by atoms with van der Waals surface area (Å²) in [5, 5.41) is 26.1. The molecule has 8 unspecified atom stereocenters. The van der Waals surface area contributed by atoms with E-state index in [0.29, 0.717) is 13.0 Å². The van der Waals surface area contributed by atoms with E-state index in [2.05, 4.69) is 34.4 Å². The molecule has 14 N–H and O–H groups in total. The Labute approximate surface area is 329 Å². The predicted molar refractivity (Wildman–Crippen MR) is 198 cm³/mol. The summed E-state index contributed by atoms with van der Waals surface area (Å²) in [5.74, 6) is -1.23. The maximum Gasteiger partial charge on any atom is 0.481 e. The second kappa shape index (κ2) is 21.1. The maximum atomic E-state index is 12.7. The van der Waals surface area contributed by atoms with Crippen molar-refractivity contribution in [1.82, 2.24) is 30.2 Å². The molecule has 0 aliphatic carbocycles. The van der Waals surface area contributed by atoms with Crippen LogP contribution in [0.5, 0.6) is 0 Å². The molecule has 30 heteroatoms. The number of thioether (sulfide) groups is 1. The van der Waals surface area contributed by atoms with E-state index in [-0.39, 0.29) is 47.4 Å². The number of hydrogen-bond donors (Lipinski definition) is 11. The molecule has 3 rings (SSSR count). The van der Waals surface area contributed by atoms with E-state index < -0.39 is 90.6 Å². The molecule has 1 aliphatic heterocycles. The molecule has 0 radical (unpaired) electrons. The standard InChI is InChI=1S/C27H48N9O17P3S/c1-27(2,21(39)24(40)32-8-6-17(37)31-9-10-57-26(41)15(29)5-3-4-7-28)12-50-56(47,48)53-55(45,46)49-11-16-20(52-54(42,43)44)19(38)25(51-16)36-14-35-18-22(30)33-13-34-23(18)36/h13-16,19-21,25,38-39H,3-12,28-29H2,1-2H3,(H,31,37)(H,32,40)(H,45,46)(H,47,48)(H2,30,33,34)(H2,42,43,44). The van der Waals surface area contributed by atoms with Gasteiger partial charge in [0.25, 0.3) is 0 Å². The maximum absolute atomic E-state index is 12.7. The Balaban J connectivity index is 1.47. The van der Waals surface area contributed by atoms with E-state index in [1.807, 2.05) is 0 Å². The summed E-state index contributed by atoms with van der Waals surface area (Å²) in [6.07, 6.45) is -4.99. The summed E-state index contributed by atoms with van der Waals surface area (Å²) in [6.45, 7) is 0.897. The van der Waals surface area contributed by atoms with Gasteiger partial charge in [0.15, 0.2) is 17.7 Å². The van der Waals surface area contributed by atoms with Gasteiger partial charge in [-0.1, -0.05) is 32.0 Å². The number of carbonyl (C=O) groups is 3. The van der Waals surface area contributed by atoms with Crippen molar-refractivity contribution in [1.29, 1.82) is 0 Å². The second-order valence-electron chi connectivity index (χ2n) is 13.1. The lowest BCUT2D eigenvalue weighted by molar-refractivity contribution is -0.137. The topological polar surface area (TPSA) is 416 Å². The molecule has 26 nitrogen and oxygen atoms in total. The number of aromatic nitrogens is 4. The van der Waals surface area contributed by atoms with Crippen LogP contribution >= 0.6 is 35.2 Å². The van der Waals surface area contributed by atoms with Gasteiger partial charge in [0.2, 0.25) is 16.9 Å². The third-order valence-corrected chi connectivity index (χ3v) is 12.1. The number of carbonyl (C=O) groups excluding carboxylic acids is 3. The third kappa shape index (κ3) is 15.2. The van der Waals surface area contributed by atoms with E-state index in [0.717, 1.165) is 41.8 Å². The number of hydrogen-bond acceptors (Lipinski definition) is 20. The van der Waals surface area contributed by atoms with Gasteiger partial charge < -0.3 is 62.4 Å². The highest BCUT2D eigenvalue weighted by Gasteiger charge is 2.50. The Bertz CT molecular complexity index is 1840. The number of nitrogens with two attached hydrogens (primary N) is 3. The summed E-state index contributed by atoms with van der Waals surface area (Å²) in [4.78, 5) is 87.7. The number of aliphatic hydroxyl groups excluding tert-OH is 2.